The number of aromatic nitrogens is 2. The first-order valence-electron chi connectivity index (χ1n) is 9.37. The van der Waals surface area contributed by atoms with Crippen LogP contribution in [0.4, 0.5) is 0 Å². The fourth-order valence-electron chi connectivity index (χ4n) is 4.15. The molecule has 0 spiro atoms. The summed E-state index contributed by atoms with van der Waals surface area (Å²) in [7, 11) is -0.494. The lowest BCUT2D eigenvalue weighted by Gasteiger charge is -2.39. The van der Waals surface area contributed by atoms with E-state index < -0.39 is 22.3 Å². The molecule has 1 aromatic carbocycles. The van der Waals surface area contributed by atoms with Crippen molar-refractivity contribution < 1.29 is 13.2 Å². The molecule has 0 saturated carbocycles. The van der Waals surface area contributed by atoms with Crippen molar-refractivity contribution in [3.8, 4) is 0 Å². The van der Waals surface area contributed by atoms with Gasteiger partial charge in [-0.1, -0.05) is 24.3 Å². The van der Waals surface area contributed by atoms with Gasteiger partial charge in [-0.15, -0.1) is 0 Å². The predicted octanol–water partition coefficient (Wildman–Crippen LogP) is 0.893. The van der Waals surface area contributed by atoms with E-state index in [2.05, 4.69) is 15.9 Å². The number of carbonyl (C=O) groups excluding carboxylic acids is 1. The van der Waals surface area contributed by atoms with Crippen LogP contribution in [-0.2, 0) is 35.0 Å². The molecule has 0 bridgehead atoms. The minimum absolute atomic E-state index is 0.145. The number of fused-ring (bicyclic) bond motifs is 1. The molecule has 2 atom stereocenters. The van der Waals surface area contributed by atoms with Gasteiger partial charge in [-0.25, -0.2) is 0 Å². The third-order valence-corrected chi connectivity index (χ3v) is 7.32. The molecule has 0 aliphatic carbocycles. The Kier molecular flexibility index (Phi) is 4.76. The highest BCUT2D eigenvalue weighted by Gasteiger charge is 2.43. The first-order chi connectivity index (χ1) is 13.3. The second-order valence-corrected chi connectivity index (χ2v) is 9.33. The number of nitrogens with one attached hydrogen (secondary N) is 1. The number of carbonyl (C=O) groups is 1. The van der Waals surface area contributed by atoms with Crippen LogP contribution in [0.5, 0.6) is 0 Å². The maximum atomic E-state index is 13.3. The third-order valence-electron chi connectivity index (χ3n) is 5.72. The number of aryl methyl sites for hydroxylation is 2. The maximum absolute atomic E-state index is 13.3. The van der Waals surface area contributed by atoms with Gasteiger partial charge in [0.15, 0.2) is 0 Å². The van der Waals surface area contributed by atoms with Crippen LogP contribution < -0.4 is 4.72 Å². The van der Waals surface area contributed by atoms with E-state index in [1.807, 2.05) is 31.3 Å². The Balaban J connectivity index is 1.60. The lowest BCUT2D eigenvalue weighted by molar-refractivity contribution is -0.136. The summed E-state index contributed by atoms with van der Waals surface area (Å²) in [5.41, 5.74) is 3.95. The smallest absolute Gasteiger partial charge is 0.280 e. The van der Waals surface area contributed by atoms with E-state index in [1.165, 1.54) is 12.6 Å². The van der Waals surface area contributed by atoms with E-state index in [0.29, 0.717) is 19.5 Å². The standard InChI is InChI=1S/C19H25N5O3S/c1-13-16(12-22(2)20-13)17-10-18(23(3)28(26,27)21-17)19(25)24-9-8-14-6-4-5-7-15(14)11-24/h4-7,12,17-18,21H,8-11H2,1-3H3. The second-order valence-electron chi connectivity index (χ2n) is 7.57. The minimum atomic E-state index is -3.76. The highest BCUT2D eigenvalue weighted by atomic mass is 32.2. The minimum Gasteiger partial charge on any atom is -0.337 e. The Bertz CT molecular complexity index is 1020. The lowest BCUT2D eigenvalue weighted by Crippen LogP contribution is -2.58. The van der Waals surface area contributed by atoms with E-state index in [9.17, 15) is 13.2 Å². The highest BCUT2D eigenvalue weighted by Crippen LogP contribution is 2.31. The molecular weight excluding hydrogens is 378 g/mol. The lowest BCUT2D eigenvalue weighted by atomic mass is 9.97. The van der Waals surface area contributed by atoms with Crippen molar-refractivity contribution in [2.45, 2.75) is 38.4 Å². The van der Waals surface area contributed by atoms with Crippen LogP contribution >= 0.6 is 0 Å². The molecule has 4 rings (SSSR count). The van der Waals surface area contributed by atoms with Crippen LogP contribution in [0.25, 0.3) is 0 Å². The molecule has 1 saturated heterocycles. The number of hydrogen-bond donors (Lipinski definition) is 1. The van der Waals surface area contributed by atoms with E-state index in [0.717, 1.165) is 27.5 Å². The molecule has 2 aromatic rings. The maximum Gasteiger partial charge on any atom is 0.280 e. The van der Waals surface area contributed by atoms with E-state index in [1.54, 1.807) is 16.6 Å². The zero-order valence-electron chi connectivity index (χ0n) is 16.3. The first-order valence-corrected chi connectivity index (χ1v) is 10.8. The van der Waals surface area contributed by atoms with E-state index in [4.69, 9.17) is 0 Å². The number of amides is 1. The first kappa shape index (κ1) is 19.1. The molecule has 2 unspecified atom stereocenters. The second kappa shape index (κ2) is 6.98. The molecule has 150 valence electrons. The predicted molar refractivity (Wildman–Crippen MR) is 104 cm³/mol. The fraction of sp³-hybridized carbons (Fsp3) is 0.474. The number of likely N-dealkylation sites (N-methyl/N-ethyl adjacent to an activating group) is 1. The van der Waals surface area contributed by atoms with Crippen LogP contribution in [-0.4, -0.2) is 52.9 Å². The summed E-state index contributed by atoms with van der Waals surface area (Å²) in [5.74, 6) is -0.145. The van der Waals surface area contributed by atoms with Gasteiger partial charge in [-0.3, -0.25) is 9.48 Å². The molecule has 9 heteroatoms. The molecule has 2 aliphatic heterocycles. The van der Waals surface area contributed by atoms with Crippen LogP contribution in [0.1, 0.15) is 34.8 Å². The van der Waals surface area contributed by atoms with Gasteiger partial charge in [0.25, 0.3) is 10.2 Å². The zero-order chi connectivity index (χ0) is 20.1. The number of nitrogens with zero attached hydrogens (tertiary/aromatic N) is 4. The third kappa shape index (κ3) is 3.34. The molecule has 3 heterocycles. The van der Waals surface area contributed by atoms with Crippen molar-refractivity contribution in [1.29, 1.82) is 0 Å². The molecule has 2 aliphatic rings. The van der Waals surface area contributed by atoms with Crippen LogP contribution in [0.2, 0.25) is 0 Å². The van der Waals surface area contributed by atoms with E-state index >= 15 is 0 Å². The molecule has 8 nitrogen and oxygen atoms in total. The van der Waals surface area contributed by atoms with Crippen molar-refractivity contribution in [2.75, 3.05) is 13.6 Å². The summed E-state index contributed by atoms with van der Waals surface area (Å²) in [6.45, 7) is 2.97. The van der Waals surface area contributed by atoms with Crippen LogP contribution in [0, 0.1) is 6.92 Å². The Morgan fingerprint density at radius 1 is 1.21 bits per heavy atom. The van der Waals surface area contributed by atoms with Gasteiger partial charge in [0.2, 0.25) is 5.91 Å². The van der Waals surface area contributed by atoms with Gasteiger partial charge in [-0.05, 0) is 30.9 Å². The molecule has 28 heavy (non-hydrogen) atoms. The summed E-state index contributed by atoms with van der Waals surface area (Å²) in [6, 6.07) is 6.88. The average molecular weight is 404 g/mol. The molecule has 1 aromatic heterocycles. The Hall–Kier alpha value is -2.23. The summed E-state index contributed by atoms with van der Waals surface area (Å²) in [4.78, 5) is 15.1. The number of hydrogen-bond acceptors (Lipinski definition) is 4. The quantitative estimate of drug-likeness (QED) is 0.807. The SMILES string of the molecule is Cc1nn(C)cc1C1CC(C(=O)N2CCc3ccccc3C2)N(C)S(=O)(=O)N1. The number of benzene rings is 1. The largest absolute Gasteiger partial charge is 0.337 e. The van der Waals surface area contributed by atoms with Crippen molar-refractivity contribution >= 4 is 16.1 Å². The van der Waals surface area contributed by atoms with Crippen LogP contribution in [0.15, 0.2) is 30.5 Å². The van der Waals surface area contributed by atoms with Gasteiger partial charge in [0.1, 0.15) is 6.04 Å². The Morgan fingerprint density at radius 3 is 2.61 bits per heavy atom. The highest BCUT2D eigenvalue weighted by molar-refractivity contribution is 7.87. The summed E-state index contributed by atoms with van der Waals surface area (Å²) in [6.07, 6.45) is 2.97. The van der Waals surface area contributed by atoms with Crippen LogP contribution in [0.3, 0.4) is 0 Å². The van der Waals surface area contributed by atoms with Gasteiger partial charge in [0.05, 0.1) is 11.7 Å². The summed E-state index contributed by atoms with van der Waals surface area (Å²) < 4.78 is 30.9. The molecule has 0 radical (unpaired) electrons. The Labute approximate surface area is 165 Å². The monoisotopic (exact) mass is 403 g/mol. The summed E-state index contributed by atoms with van der Waals surface area (Å²) in [5, 5.41) is 4.31. The average Bonchev–Trinajstić information content (AvgIpc) is 3.01. The topological polar surface area (TPSA) is 87.5 Å². The van der Waals surface area contributed by atoms with Crippen molar-refractivity contribution in [3.63, 3.8) is 0 Å². The normalized spacial score (nSPS) is 24.8. The van der Waals surface area contributed by atoms with Crippen molar-refractivity contribution in [1.82, 2.24) is 23.7 Å². The van der Waals surface area contributed by atoms with Gasteiger partial charge in [0, 0.05) is 38.9 Å². The fourth-order valence-corrected chi connectivity index (χ4v) is 5.41. The van der Waals surface area contributed by atoms with Gasteiger partial charge < -0.3 is 4.90 Å². The molecule has 1 fully saturated rings. The van der Waals surface area contributed by atoms with Crippen molar-refractivity contribution in [2.24, 2.45) is 7.05 Å². The van der Waals surface area contributed by atoms with Gasteiger partial charge >= 0.3 is 0 Å². The Morgan fingerprint density at radius 2 is 1.93 bits per heavy atom. The zero-order valence-corrected chi connectivity index (χ0v) is 17.1. The molecule has 1 N–H and O–H groups in total. The molecular formula is C19H25N5O3S. The molecule has 1 amide bonds. The summed E-state index contributed by atoms with van der Waals surface area (Å²) >= 11 is 0. The van der Waals surface area contributed by atoms with Crippen molar-refractivity contribution in [3.05, 3.63) is 52.8 Å². The van der Waals surface area contributed by atoms with Gasteiger partial charge in [-0.2, -0.15) is 22.5 Å². The van der Waals surface area contributed by atoms with E-state index in [-0.39, 0.29) is 5.91 Å². The number of rotatable bonds is 2.